The molecule has 3 fully saturated rings. The lowest BCUT2D eigenvalue weighted by atomic mass is 9.75. The van der Waals surface area contributed by atoms with E-state index in [-0.39, 0.29) is 48.0 Å². The number of hydrogen-bond donors (Lipinski definition) is 2. The van der Waals surface area contributed by atoms with E-state index in [1.165, 1.54) is 12.1 Å². The second-order valence-corrected chi connectivity index (χ2v) is 6.95. The van der Waals surface area contributed by atoms with Crippen molar-refractivity contribution in [3.63, 3.8) is 0 Å². The number of hydrogen-bond acceptors (Lipinski definition) is 3. The van der Waals surface area contributed by atoms with Gasteiger partial charge in [-0.1, -0.05) is 12.1 Å². The zero-order chi connectivity index (χ0) is 15.4. The number of piperidine rings is 1. The van der Waals surface area contributed by atoms with Gasteiger partial charge in [-0.3, -0.25) is 4.79 Å². The first kappa shape index (κ1) is 14.2. The number of aliphatic hydroxyl groups is 2. The van der Waals surface area contributed by atoms with Crippen molar-refractivity contribution in [1.29, 1.82) is 0 Å². The molecular formula is C17H20FNO3. The highest BCUT2D eigenvalue weighted by Gasteiger charge is 2.59. The van der Waals surface area contributed by atoms with Gasteiger partial charge in [0.2, 0.25) is 5.91 Å². The van der Waals surface area contributed by atoms with Crippen LogP contribution in [-0.2, 0) is 11.3 Å². The molecule has 2 unspecified atom stereocenters. The summed E-state index contributed by atoms with van der Waals surface area (Å²) >= 11 is 0. The molecule has 0 aromatic heterocycles. The highest BCUT2D eigenvalue weighted by atomic mass is 19.1. The molecule has 1 heterocycles. The fraction of sp³-hybridized carbons (Fsp3) is 0.588. The molecule has 6 atom stereocenters. The van der Waals surface area contributed by atoms with Gasteiger partial charge < -0.3 is 15.1 Å². The molecule has 4 nitrogen and oxygen atoms in total. The number of nitrogens with zero attached hydrogens (tertiary/aromatic N) is 1. The van der Waals surface area contributed by atoms with E-state index in [0.717, 1.165) is 12.0 Å². The van der Waals surface area contributed by atoms with Crippen LogP contribution in [-0.4, -0.2) is 39.3 Å². The minimum Gasteiger partial charge on any atom is -0.393 e. The van der Waals surface area contributed by atoms with Gasteiger partial charge in [0.25, 0.3) is 0 Å². The van der Waals surface area contributed by atoms with Gasteiger partial charge in [-0.25, -0.2) is 4.39 Å². The Balaban J connectivity index is 1.61. The Morgan fingerprint density at radius 1 is 1.14 bits per heavy atom. The largest absolute Gasteiger partial charge is 0.393 e. The molecule has 5 heteroatoms. The first-order valence-electron chi connectivity index (χ1n) is 7.94. The molecule has 2 bridgehead atoms. The fourth-order valence-electron chi connectivity index (χ4n) is 4.90. The summed E-state index contributed by atoms with van der Waals surface area (Å²) in [6.07, 6.45) is 0.735. The molecule has 4 rings (SSSR count). The molecule has 1 amide bonds. The van der Waals surface area contributed by atoms with Crippen LogP contribution in [0, 0.1) is 23.6 Å². The van der Waals surface area contributed by atoms with Crippen LogP contribution >= 0.6 is 0 Å². The summed E-state index contributed by atoms with van der Waals surface area (Å²) in [6.45, 7) is 0.451. The second-order valence-electron chi connectivity index (χ2n) is 6.95. The molecule has 22 heavy (non-hydrogen) atoms. The summed E-state index contributed by atoms with van der Waals surface area (Å²) in [5.41, 5.74) is 0.896. The van der Waals surface area contributed by atoms with Crippen molar-refractivity contribution in [1.82, 2.24) is 4.90 Å². The van der Waals surface area contributed by atoms with Gasteiger partial charge in [-0.2, -0.15) is 0 Å². The lowest BCUT2D eigenvalue weighted by molar-refractivity contribution is -0.153. The number of aliphatic hydroxyl groups excluding tert-OH is 2. The number of benzene rings is 1. The Hall–Kier alpha value is -1.46. The van der Waals surface area contributed by atoms with Crippen LogP contribution < -0.4 is 0 Å². The molecule has 1 saturated heterocycles. The maximum Gasteiger partial charge on any atom is 0.225 e. The van der Waals surface area contributed by atoms with E-state index >= 15 is 0 Å². The first-order valence-corrected chi connectivity index (χ1v) is 7.94. The number of carbonyl (C=O) groups excluding carboxylic acids is 1. The average Bonchev–Trinajstić information content (AvgIpc) is 3.02. The molecule has 0 spiro atoms. The number of likely N-dealkylation sites (tertiary alicyclic amines) is 1. The normalized spacial score (nSPS) is 40.1. The van der Waals surface area contributed by atoms with E-state index in [9.17, 15) is 19.4 Å². The predicted molar refractivity (Wildman–Crippen MR) is 77.1 cm³/mol. The zero-order valence-corrected chi connectivity index (χ0v) is 12.2. The maximum absolute atomic E-state index is 13.0. The molecule has 1 aromatic rings. The average molecular weight is 305 g/mol. The third kappa shape index (κ3) is 2.07. The van der Waals surface area contributed by atoms with E-state index in [2.05, 4.69) is 0 Å². The van der Waals surface area contributed by atoms with Crippen molar-refractivity contribution in [2.45, 2.75) is 44.1 Å². The highest BCUT2D eigenvalue weighted by molar-refractivity contribution is 5.78. The van der Waals surface area contributed by atoms with Gasteiger partial charge >= 0.3 is 0 Å². The summed E-state index contributed by atoms with van der Waals surface area (Å²) in [4.78, 5) is 14.3. The number of halogens is 1. The summed E-state index contributed by atoms with van der Waals surface area (Å²) in [5, 5.41) is 20.4. The van der Waals surface area contributed by atoms with E-state index in [4.69, 9.17) is 0 Å². The van der Waals surface area contributed by atoms with Crippen LogP contribution in [0.2, 0.25) is 0 Å². The van der Waals surface area contributed by atoms with Crippen LogP contribution in [0.15, 0.2) is 24.3 Å². The monoisotopic (exact) mass is 305 g/mol. The van der Waals surface area contributed by atoms with Crippen molar-refractivity contribution < 1.29 is 19.4 Å². The third-order valence-electron chi connectivity index (χ3n) is 5.76. The second kappa shape index (κ2) is 5.03. The topological polar surface area (TPSA) is 60.8 Å². The van der Waals surface area contributed by atoms with Gasteiger partial charge in [0.1, 0.15) is 5.82 Å². The molecule has 3 aliphatic rings. The lowest BCUT2D eigenvalue weighted by Gasteiger charge is -2.47. The SMILES string of the molecule is O=C1CC(O)[C@H]2[C@H]([C@H]3CC(O)[C@H]2C3)N1Cc1ccc(F)cc1. The zero-order valence-electron chi connectivity index (χ0n) is 12.2. The van der Waals surface area contributed by atoms with Crippen molar-refractivity contribution in [2.75, 3.05) is 0 Å². The Morgan fingerprint density at radius 2 is 1.86 bits per heavy atom. The summed E-state index contributed by atoms with van der Waals surface area (Å²) < 4.78 is 13.0. The van der Waals surface area contributed by atoms with Crippen molar-refractivity contribution in [3.8, 4) is 0 Å². The van der Waals surface area contributed by atoms with Crippen LogP contribution in [0.3, 0.4) is 0 Å². The highest BCUT2D eigenvalue weighted by Crippen LogP contribution is 2.54. The Kier molecular flexibility index (Phi) is 3.24. The fourth-order valence-corrected chi connectivity index (χ4v) is 4.90. The predicted octanol–water partition coefficient (Wildman–Crippen LogP) is 1.30. The lowest BCUT2D eigenvalue weighted by Crippen LogP contribution is -2.57. The summed E-state index contributed by atoms with van der Waals surface area (Å²) in [7, 11) is 0. The van der Waals surface area contributed by atoms with E-state index in [0.29, 0.717) is 13.0 Å². The molecule has 1 aliphatic heterocycles. The van der Waals surface area contributed by atoms with Crippen molar-refractivity contribution in [3.05, 3.63) is 35.6 Å². The number of rotatable bonds is 2. The maximum atomic E-state index is 13.0. The summed E-state index contributed by atoms with van der Waals surface area (Å²) in [5.74, 6) is 0.0234. The third-order valence-corrected chi connectivity index (χ3v) is 5.76. The molecule has 0 radical (unpaired) electrons. The van der Waals surface area contributed by atoms with Crippen molar-refractivity contribution >= 4 is 5.91 Å². The number of amides is 1. The first-order chi connectivity index (χ1) is 10.5. The molecule has 2 saturated carbocycles. The Bertz CT molecular complexity index is 590. The Morgan fingerprint density at radius 3 is 2.59 bits per heavy atom. The minimum absolute atomic E-state index is 0.00898. The van der Waals surface area contributed by atoms with Crippen LogP contribution in [0.5, 0.6) is 0 Å². The van der Waals surface area contributed by atoms with E-state index in [1.807, 2.05) is 4.90 Å². The molecular weight excluding hydrogens is 285 g/mol. The number of carbonyl (C=O) groups is 1. The minimum atomic E-state index is -0.646. The smallest absolute Gasteiger partial charge is 0.225 e. The van der Waals surface area contributed by atoms with Gasteiger partial charge in [0.15, 0.2) is 0 Å². The summed E-state index contributed by atoms with van der Waals surface area (Å²) in [6, 6.07) is 6.21. The Labute approximate surface area is 128 Å². The number of fused-ring (bicyclic) bond motifs is 5. The molecule has 118 valence electrons. The van der Waals surface area contributed by atoms with Crippen LogP contribution in [0.1, 0.15) is 24.8 Å². The van der Waals surface area contributed by atoms with Crippen LogP contribution in [0.4, 0.5) is 4.39 Å². The van der Waals surface area contributed by atoms with Gasteiger partial charge in [0, 0.05) is 18.5 Å². The van der Waals surface area contributed by atoms with Crippen molar-refractivity contribution in [2.24, 2.45) is 17.8 Å². The van der Waals surface area contributed by atoms with Gasteiger partial charge in [-0.15, -0.1) is 0 Å². The standard InChI is InChI=1S/C17H20FNO3/c18-11-3-1-9(2-4-11)8-19-15(22)7-14(21)16-12-5-10(17(16)19)6-13(12)20/h1-4,10,12-14,16-17,20-21H,5-8H2/t10-,12-,13?,14?,16+,17+/m1/s1. The van der Waals surface area contributed by atoms with E-state index < -0.39 is 6.10 Å². The quantitative estimate of drug-likeness (QED) is 0.866. The molecule has 2 aliphatic carbocycles. The molecule has 2 N–H and O–H groups in total. The van der Waals surface area contributed by atoms with Crippen LogP contribution in [0.25, 0.3) is 0 Å². The van der Waals surface area contributed by atoms with E-state index in [1.54, 1.807) is 12.1 Å². The molecule has 1 aromatic carbocycles. The van der Waals surface area contributed by atoms with Gasteiger partial charge in [0.05, 0.1) is 18.6 Å². The van der Waals surface area contributed by atoms with Gasteiger partial charge in [-0.05, 0) is 42.4 Å².